The quantitative estimate of drug-likeness (QED) is 0.850. The molecule has 16 heavy (non-hydrogen) atoms. The first kappa shape index (κ1) is 10.6. The van der Waals surface area contributed by atoms with Crippen LogP contribution in [0.2, 0.25) is 0 Å². The molecular weight excluding hydrogens is 198 g/mol. The number of pyridine rings is 2. The Morgan fingerprint density at radius 2 is 1.75 bits per heavy atom. The summed E-state index contributed by atoms with van der Waals surface area (Å²) in [5.41, 5.74) is 8.98. The Kier molecular flexibility index (Phi) is 3.15. The van der Waals surface area contributed by atoms with Gasteiger partial charge in [-0.1, -0.05) is 19.1 Å². The molecule has 0 atom stereocenters. The normalized spacial score (nSPS) is 10.3. The fraction of sp³-hybridized carbons (Fsp3) is 0.231. The van der Waals surface area contributed by atoms with Crippen molar-refractivity contribution in [2.75, 3.05) is 5.73 Å². The molecule has 0 bridgehead atoms. The summed E-state index contributed by atoms with van der Waals surface area (Å²) in [6.45, 7) is 2.13. The maximum atomic E-state index is 5.53. The van der Waals surface area contributed by atoms with Crippen LogP contribution < -0.4 is 5.73 Å². The SMILES string of the molecule is CCc1ccc(Cc2ccc(N)nc2)nc1. The monoisotopic (exact) mass is 213 g/mol. The number of nitrogens with zero attached hydrogens (tertiary/aromatic N) is 2. The van der Waals surface area contributed by atoms with Crippen molar-refractivity contribution in [1.82, 2.24) is 9.97 Å². The Morgan fingerprint density at radius 1 is 1.00 bits per heavy atom. The van der Waals surface area contributed by atoms with Crippen LogP contribution >= 0.6 is 0 Å². The van der Waals surface area contributed by atoms with Crippen LogP contribution in [0.5, 0.6) is 0 Å². The predicted molar refractivity (Wildman–Crippen MR) is 65.1 cm³/mol. The first-order chi connectivity index (χ1) is 7.78. The molecule has 0 aliphatic heterocycles. The molecule has 0 amide bonds. The van der Waals surface area contributed by atoms with Crippen molar-refractivity contribution in [2.24, 2.45) is 0 Å². The summed E-state index contributed by atoms with van der Waals surface area (Å²) in [6, 6.07) is 7.98. The molecule has 2 aromatic rings. The average molecular weight is 213 g/mol. The highest BCUT2D eigenvalue weighted by Gasteiger charge is 1.98. The lowest BCUT2D eigenvalue weighted by atomic mass is 10.1. The summed E-state index contributed by atoms with van der Waals surface area (Å²) >= 11 is 0. The van der Waals surface area contributed by atoms with Crippen molar-refractivity contribution in [1.29, 1.82) is 0 Å². The molecule has 0 unspecified atom stereocenters. The highest BCUT2D eigenvalue weighted by atomic mass is 14.8. The molecule has 0 fully saturated rings. The maximum absolute atomic E-state index is 5.53. The highest BCUT2D eigenvalue weighted by molar-refractivity contribution is 5.31. The smallest absolute Gasteiger partial charge is 0.123 e. The van der Waals surface area contributed by atoms with Crippen molar-refractivity contribution in [3.8, 4) is 0 Å². The predicted octanol–water partition coefficient (Wildman–Crippen LogP) is 2.21. The molecule has 0 saturated heterocycles. The van der Waals surface area contributed by atoms with Crippen LogP contribution in [0.1, 0.15) is 23.7 Å². The van der Waals surface area contributed by atoms with Crippen LogP contribution in [0.25, 0.3) is 0 Å². The van der Waals surface area contributed by atoms with E-state index >= 15 is 0 Å². The minimum absolute atomic E-state index is 0.554. The maximum Gasteiger partial charge on any atom is 0.123 e. The zero-order valence-electron chi connectivity index (χ0n) is 9.35. The number of aromatic nitrogens is 2. The Morgan fingerprint density at radius 3 is 2.31 bits per heavy atom. The van der Waals surface area contributed by atoms with Gasteiger partial charge in [0.1, 0.15) is 5.82 Å². The minimum atomic E-state index is 0.554. The third-order valence-electron chi connectivity index (χ3n) is 2.53. The molecule has 2 aromatic heterocycles. The van der Waals surface area contributed by atoms with E-state index < -0.39 is 0 Å². The number of aryl methyl sites for hydroxylation is 1. The second-order valence-electron chi connectivity index (χ2n) is 3.78. The summed E-state index contributed by atoms with van der Waals surface area (Å²) < 4.78 is 0. The molecular formula is C13H15N3. The van der Waals surface area contributed by atoms with Gasteiger partial charge in [-0.25, -0.2) is 4.98 Å². The molecule has 2 N–H and O–H groups in total. The third-order valence-corrected chi connectivity index (χ3v) is 2.53. The lowest BCUT2D eigenvalue weighted by Crippen LogP contribution is -1.95. The lowest BCUT2D eigenvalue weighted by Gasteiger charge is -2.02. The Hall–Kier alpha value is -1.90. The Labute approximate surface area is 95.4 Å². The van der Waals surface area contributed by atoms with Gasteiger partial charge in [-0.2, -0.15) is 0 Å². The van der Waals surface area contributed by atoms with Gasteiger partial charge in [0, 0.05) is 24.5 Å². The van der Waals surface area contributed by atoms with Gasteiger partial charge in [0.25, 0.3) is 0 Å². The van der Waals surface area contributed by atoms with Crippen LogP contribution in [0, 0.1) is 0 Å². The molecule has 2 rings (SSSR count). The van der Waals surface area contributed by atoms with Gasteiger partial charge in [-0.15, -0.1) is 0 Å². The third kappa shape index (κ3) is 2.57. The van der Waals surface area contributed by atoms with Crippen molar-refractivity contribution in [2.45, 2.75) is 19.8 Å². The van der Waals surface area contributed by atoms with Gasteiger partial charge in [0.2, 0.25) is 0 Å². The number of nitrogens with two attached hydrogens (primary N) is 1. The first-order valence-corrected chi connectivity index (χ1v) is 5.42. The zero-order valence-corrected chi connectivity index (χ0v) is 9.35. The van der Waals surface area contributed by atoms with E-state index in [0.717, 1.165) is 24.1 Å². The van der Waals surface area contributed by atoms with E-state index in [2.05, 4.69) is 29.0 Å². The molecule has 3 nitrogen and oxygen atoms in total. The number of hydrogen-bond donors (Lipinski definition) is 1. The second kappa shape index (κ2) is 4.75. The van der Waals surface area contributed by atoms with Crippen molar-refractivity contribution < 1.29 is 0 Å². The summed E-state index contributed by atoms with van der Waals surface area (Å²) in [5.74, 6) is 0.554. The van der Waals surface area contributed by atoms with Crippen LogP contribution in [0.3, 0.4) is 0 Å². The summed E-state index contributed by atoms with van der Waals surface area (Å²) in [6.07, 6.45) is 5.55. The van der Waals surface area contributed by atoms with Crippen LogP contribution in [0.4, 0.5) is 5.82 Å². The minimum Gasteiger partial charge on any atom is -0.384 e. The molecule has 0 aliphatic carbocycles. The topological polar surface area (TPSA) is 51.8 Å². The molecule has 0 saturated carbocycles. The standard InChI is InChI=1S/C13H15N3/c1-2-10-3-5-12(15-8-10)7-11-4-6-13(14)16-9-11/h3-6,8-9H,2,7H2,1H3,(H2,14,16). The molecule has 0 aliphatic rings. The van der Waals surface area contributed by atoms with Crippen LogP contribution in [-0.4, -0.2) is 9.97 Å². The fourth-order valence-electron chi connectivity index (χ4n) is 1.52. The van der Waals surface area contributed by atoms with E-state index in [1.54, 1.807) is 6.20 Å². The van der Waals surface area contributed by atoms with Gasteiger partial charge in [-0.05, 0) is 29.7 Å². The average Bonchev–Trinajstić information content (AvgIpc) is 2.33. The summed E-state index contributed by atoms with van der Waals surface area (Å²) in [5, 5.41) is 0. The fourth-order valence-corrected chi connectivity index (χ4v) is 1.52. The second-order valence-corrected chi connectivity index (χ2v) is 3.78. The number of anilines is 1. The molecule has 0 spiro atoms. The number of nitrogen functional groups attached to an aromatic ring is 1. The van der Waals surface area contributed by atoms with Crippen LogP contribution in [0.15, 0.2) is 36.7 Å². The van der Waals surface area contributed by atoms with E-state index in [9.17, 15) is 0 Å². The van der Waals surface area contributed by atoms with E-state index in [-0.39, 0.29) is 0 Å². The van der Waals surface area contributed by atoms with Gasteiger partial charge >= 0.3 is 0 Å². The Balaban J connectivity index is 2.11. The summed E-state index contributed by atoms with van der Waals surface area (Å²) in [7, 11) is 0. The molecule has 3 heteroatoms. The van der Waals surface area contributed by atoms with E-state index in [4.69, 9.17) is 5.73 Å². The van der Waals surface area contributed by atoms with Crippen molar-refractivity contribution >= 4 is 5.82 Å². The van der Waals surface area contributed by atoms with E-state index in [0.29, 0.717) is 5.82 Å². The molecule has 82 valence electrons. The van der Waals surface area contributed by atoms with Crippen molar-refractivity contribution in [3.63, 3.8) is 0 Å². The zero-order chi connectivity index (χ0) is 11.4. The van der Waals surface area contributed by atoms with Crippen molar-refractivity contribution in [3.05, 3.63) is 53.5 Å². The number of rotatable bonds is 3. The number of hydrogen-bond acceptors (Lipinski definition) is 3. The van der Waals surface area contributed by atoms with Gasteiger partial charge < -0.3 is 5.73 Å². The largest absolute Gasteiger partial charge is 0.384 e. The van der Waals surface area contributed by atoms with Crippen LogP contribution in [-0.2, 0) is 12.8 Å². The highest BCUT2D eigenvalue weighted by Crippen LogP contribution is 2.08. The molecule has 2 heterocycles. The summed E-state index contributed by atoms with van der Waals surface area (Å²) in [4.78, 5) is 8.47. The van der Waals surface area contributed by atoms with Gasteiger partial charge in [0.05, 0.1) is 0 Å². The molecule has 0 radical (unpaired) electrons. The molecule has 0 aromatic carbocycles. The Bertz CT molecular complexity index is 446. The van der Waals surface area contributed by atoms with E-state index in [1.807, 2.05) is 18.3 Å². The van der Waals surface area contributed by atoms with Gasteiger partial charge in [-0.3, -0.25) is 4.98 Å². The van der Waals surface area contributed by atoms with E-state index in [1.165, 1.54) is 5.56 Å². The first-order valence-electron chi connectivity index (χ1n) is 5.42. The lowest BCUT2D eigenvalue weighted by molar-refractivity contribution is 1.02. The van der Waals surface area contributed by atoms with Gasteiger partial charge in [0.15, 0.2) is 0 Å².